The first-order chi connectivity index (χ1) is 14.0. The molecule has 0 aliphatic carbocycles. The maximum absolute atomic E-state index is 13.1. The summed E-state index contributed by atoms with van der Waals surface area (Å²) in [6.45, 7) is 4.90. The Labute approximate surface area is 176 Å². The smallest absolute Gasteiger partial charge is 0.289 e. The number of likely N-dealkylation sites (tertiary alicyclic amines) is 1. The van der Waals surface area contributed by atoms with Crippen LogP contribution in [0.1, 0.15) is 34.7 Å². The number of amides is 1. The van der Waals surface area contributed by atoms with Gasteiger partial charge in [-0.3, -0.25) is 9.78 Å². The van der Waals surface area contributed by atoms with E-state index in [9.17, 15) is 4.79 Å². The summed E-state index contributed by atoms with van der Waals surface area (Å²) in [7, 11) is 1.89. The number of rotatable bonds is 5. The van der Waals surface area contributed by atoms with Crippen LogP contribution in [0, 0.1) is 6.92 Å². The fraction of sp³-hybridized carbons (Fsp3) is 0.391. The van der Waals surface area contributed by atoms with Crippen molar-refractivity contribution in [3.05, 3.63) is 64.6 Å². The van der Waals surface area contributed by atoms with Crippen molar-refractivity contribution < 1.29 is 9.21 Å². The molecule has 1 aliphatic heterocycles. The second-order valence-corrected chi connectivity index (χ2v) is 8.19. The van der Waals surface area contributed by atoms with Gasteiger partial charge in [0.2, 0.25) is 0 Å². The second-order valence-electron chi connectivity index (χ2n) is 7.76. The maximum Gasteiger partial charge on any atom is 0.289 e. The zero-order valence-electron chi connectivity index (χ0n) is 16.9. The van der Waals surface area contributed by atoms with Crippen LogP contribution in [0.5, 0.6) is 0 Å². The zero-order chi connectivity index (χ0) is 20.4. The number of hydrogen-bond acceptors (Lipinski definition) is 4. The average molecular weight is 412 g/mol. The predicted molar refractivity (Wildman–Crippen MR) is 115 cm³/mol. The number of halogens is 1. The standard InChI is InChI=1S/C23H26ClN3O2/c1-16-20-15-17(24)6-7-21(20)29-22(16)23(28)26(2)19-9-13-27(14-10-19)12-8-18-5-3-4-11-25-18/h3-7,11,15,19H,8-10,12-14H2,1-2H3. The van der Waals surface area contributed by atoms with Gasteiger partial charge in [-0.15, -0.1) is 0 Å². The summed E-state index contributed by atoms with van der Waals surface area (Å²) in [4.78, 5) is 21.8. The molecule has 0 bridgehead atoms. The van der Waals surface area contributed by atoms with Gasteiger partial charge in [0, 0.05) is 67.0 Å². The van der Waals surface area contributed by atoms with Gasteiger partial charge in [-0.05, 0) is 50.1 Å². The molecule has 0 radical (unpaired) electrons. The van der Waals surface area contributed by atoms with E-state index in [2.05, 4.69) is 16.0 Å². The van der Waals surface area contributed by atoms with Crippen LogP contribution in [-0.4, -0.2) is 53.4 Å². The number of benzene rings is 1. The van der Waals surface area contributed by atoms with Crippen LogP contribution in [0.3, 0.4) is 0 Å². The normalized spacial score (nSPS) is 15.7. The summed E-state index contributed by atoms with van der Waals surface area (Å²) in [6, 6.07) is 11.7. The summed E-state index contributed by atoms with van der Waals surface area (Å²) >= 11 is 6.10. The van der Waals surface area contributed by atoms with Gasteiger partial charge < -0.3 is 14.2 Å². The largest absolute Gasteiger partial charge is 0.451 e. The fourth-order valence-electron chi connectivity index (χ4n) is 4.07. The molecule has 0 spiro atoms. The number of piperidine rings is 1. The molecule has 0 saturated carbocycles. The lowest BCUT2D eigenvalue weighted by Crippen LogP contribution is -2.46. The summed E-state index contributed by atoms with van der Waals surface area (Å²) < 4.78 is 5.87. The van der Waals surface area contributed by atoms with Crippen LogP contribution >= 0.6 is 11.6 Å². The molecule has 2 aromatic heterocycles. The van der Waals surface area contributed by atoms with Crippen LogP contribution in [0.15, 0.2) is 47.0 Å². The summed E-state index contributed by atoms with van der Waals surface area (Å²) in [5, 5.41) is 1.55. The van der Waals surface area contributed by atoms with E-state index in [0.29, 0.717) is 16.4 Å². The number of pyridine rings is 1. The Morgan fingerprint density at radius 3 is 2.79 bits per heavy atom. The van der Waals surface area contributed by atoms with Crippen LogP contribution in [0.25, 0.3) is 11.0 Å². The molecule has 3 aromatic rings. The molecule has 3 heterocycles. The van der Waals surface area contributed by atoms with Gasteiger partial charge in [-0.1, -0.05) is 17.7 Å². The molecule has 1 fully saturated rings. The van der Waals surface area contributed by atoms with Gasteiger partial charge >= 0.3 is 0 Å². The highest BCUT2D eigenvalue weighted by Crippen LogP contribution is 2.29. The average Bonchev–Trinajstić information content (AvgIpc) is 3.08. The Hall–Kier alpha value is -2.37. The molecular formula is C23H26ClN3O2. The van der Waals surface area contributed by atoms with E-state index in [4.69, 9.17) is 16.0 Å². The fourth-order valence-corrected chi connectivity index (χ4v) is 4.24. The molecule has 5 nitrogen and oxygen atoms in total. The number of carbonyl (C=O) groups is 1. The van der Waals surface area contributed by atoms with Gasteiger partial charge in [0.05, 0.1) is 0 Å². The molecule has 6 heteroatoms. The Balaban J connectivity index is 1.36. The van der Waals surface area contributed by atoms with E-state index < -0.39 is 0 Å². The third-order valence-electron chi connectivity index (χ3n) is 5.93. The van der Waals surface area contributed by atoms with Crippen molar-refractivity contribution in [2.24, 2.45) is 0 Å². The number of nitrogens with zero attached hydrogens (tertiary/aromatic N) is 3. The van der Waals surface area contributed by atoms with Crippen molar-refractivity contribution in [1.82, 2.24) is 14.8 Å². The van der Waals surface area contributed by atoms with Gasteiger partial charge in [-0.2, -0.15) is 0 Å². The highest BCUT2D eigenvalue weighted by atomic mass is 35.5. The van der Waals surface area contributed by atoms with Gasteiger partial charge in [0.25, 0.3) is 5.91 Å². The van der Waals surface area contributed by atoms with Crippen molar-refractivity contribution in [2.75, 3.05) is 26.7 Å². The minimum Gasteiger partial charge on any atom is -0.451 e. The molecule has 1 saturated heterocycles. The van der Waals surface area contributed by atoms with Gasteiger partial charge in [0.1, 0.15) is 5.58 Å². The minimum atomic E-state index is -0.0539. The molecule has 0 unspecified atom stereocenters. The molecule has 0 N–H and O–H groups in total. The quantitative estimate of drug-likeness (QED) is 0.617. The van der Waals surface area contributed by atoms with Crippen molar-refractivity contribution in [2.45, 2.75) is 32.2 Å². The Morgan fingerprint density at radius 1 is 1.28 bits per heavy atom. The van der Waals surface area contributed by atoms with Crippen molar-refractivity contribution in [3.8, 4) is 0 Å². The van der Waals surface area contributed by atoms with Crippen molar-refractivity contribution in [1.29, 1.82) is 0 Å². The van der Waals surface area contributed by atoms with E-state index in [1.165, 1.54) is 0 Å². The number of furan rings is 1. The van der Waals surface area contributed by atoms with E-state index in [0.717, 1.165) is 55.5 Å². The number of hydrogen-bond donors (Lipinski definition) is 0. The first kappa shape index (κ1) is 19.9. The van der Waals surface area contributed by atoms with Crippen LogP contribution < -0.4 is 0 Å². The van der Waals surface area contributed by atoms with Crippen LogP contribution in [-0.2, 0) is 6.42 Å². The molecule has 152 valence electrons. The van der Waals surface area contributed by atoms with Crippen LogP contribution in [0.2, 0.25) is 5.02 Å². The second kappa shape index (κ2) is 8.56. The van der Waals surface area contributed by atoms with Crippen molar-refractivity contribution in [3.63, 3.8) is 0 Å². The molecule has 1 amide bonds. The number of aryl methyl sites for hydroxylation is 1. The van der Waals surface area contributed by atoms with Gasteiger partial charge in [-0.25, -0.2) is 0 Å². The Kier molecular flexibility index (Phi) is 5.88. The third kappa shape index (κ3) is 4.31. The lowest BCUT2D eigenvalue weighted by molar-refractivity contribution is 0.0614. The molecule has 0 atom stereocenters. The number of carbonyl (C=O) groups excluding carboxylic acids is 1. The zero-order valence-corrected chi connectivity index (χ0v) is 17.7. The monoisotopic (exact) mass is 411 g/mol. The number of fused-ring (bicyclic) bond motifs is 1. The molecule has 1 aliphatic rings. The van der Waals surface area contributed by atoms with Crippen molar-refractivity contribution >= 4 is 28.5 Å². The van der Waals surface area contributed by atoms with E-state index >= 15 is 0 Å². The highest BCUT2D eigenvalue weighted by molar-refractivity contribution is 6.31. The number of aromatic nitrogens is 1. The summed E-state index contributed by atoms with van der Waals surface area (Å²) in [5.41, 5.74) is 2.68. The Morgan fingerprint density at radius 2 is 2.07 bits per heavy atom. The summed E-state index contributed by atoms with van der Waals surface area (Å²) in [5.74, 6) is 0.365. The topological polar surface area (TPSA) is 49.6 Å². The lowest BCUT2D eigenvalue weighted by Gasteiger charge is -2.36. The maximum atomic E-state index is 13.1. The first-order valence-electron chi connectivity index (χ1n) is 10.1. The molecule has 29 heavy (non-hydrogen) atoms. The van der Waals surface area contributed by atoms with Crippen LogP contribution in [0.4, 0.5) is 0 Å². The first-order valence-corrected chi connectivity index (χ1v) is 10.5. The Bertz CT molecular complexity index is 994. The van der Waals surface area contributed by atoms with E-state index in [-0.39, 0.29) is 11.9 Å². The summed E-state index contributed by atoms with van der Waals surface area (Å²) in [6.07, 6.45) is 4.74. The molecular weight excluding hydrogens is 386 g/mol. The predicted octanol–water partition coefficient (Wildman–Crippen LogP) is 4.57. The highest BCUT2D eigenvalue weighted by Gasteiger charge is 2.29. The minimum absolute atomic E-state index is 0.0539. The molecule has 4 rings (SSSR count). The van der Waals surface area contributed by atoms with Gasteiger partial charge in [0.15, 0.2) is 5.76 Å². The van der Waals surface area contributed by atoms with E-state index in [1.54, 1.807) is 6.07 Å². The van der Waals surface area contributed by atoms with E-state index in [1.807, 2.05) is 49.3 Å². The third-order valence-corrected chi connectivity index (χ3v) is 6.16. The SMILES string of the molecule is Cc1c(C(=O)N(C)C2CCN(CCc3ccccn3)CC2)oc2ccc(Cl)cc12. The molecule has 1 aromatic carbocycles. The lowest BCUT2D eigenvalue weighted by atomic mass is 10.0.